The predicted octanol–water partition coefficient (Wildman–Crippen LogP) is 3.25. The number of anilines is 1. The molecule has 2 heterocycles. The first-order valence-electron chi connectivity index (χ1n) is 12.2. The van der Waals surface area contributed by atoms with Crippen molar-refractivity contribution in [2.24, 2.45) is 11.8 Å². The van der Waals surface area contributed by atoms with Crippen molar-refractivity contribution in [3.05, 3.63) is 66.9 Å². The van der Waals surface area contributed by atoms with Gasteiger partial charge in [-0.05, 0) is 36.8 Å². The summed E-state index contributed by atoms with van der Waals surface area (Å²) >= 11 is 0. The second kappa shape index (κ2) is 10.3. The molecule has 3 atom stereocenters. The van der Waals surface area contributed by atoms with Gasteiger partial charge < -0.3 is 14.5 Å². The molecule has 1 aliphatic heterocycles. The Bertz CT molecular complexity index is 1180. The number of fused-ring (bicyclic) bond motifs is 1. The third kappa shape index (κ3) is 5.07. The number of hydrogen-bond acceptors (Lipinski definition) is 6. The van der Waals surface area contributed by atoms with Crippen molar-refractivity contribution in [3.63, 3.8) is 0 Å². The van der Waals surface area contributed by atoms with Crippen molar-refractivity contribution in [3.8, 4) is 5.88 Å². The van der Waals surface area contributed by atoms with E-state index in [1.54, 1.807) is 11.7 Å². The van der Waals surface area contributed by atoms with Gasteiger partial charge in [0.05, 0.1) is 11.8 Å². The van der Waals surface area contributed by atoms with Crippen molar-refractivity contribution in [1.82, 2.24) is 15.4 Å². The number of carbonyl (C=O) groups is 2. The molecular formula is C27H30N4O4. The average Bonchev–Trinajstić information content (AvgIpc) is 2.92. The number of nitrogens with one attached hydrogen (secondary N) is 1. The zero-order valence-corrected chi connectivity index (χ0v) is 19.5. The molecule has 0 radical (unpaired) electrons. The lowest BCUT2D eigenvalue weighted by Gasteiger charge is -2.40. The molecule has 1 saturated carbocycles. The van der Waals surface area contributed by atoms with Gasteiger partial charge in [0.25, 0.3) is 0 Å². The molecule has 35 heavy (non-hydrogen) atoms. The second-order valence-corrected chi connectivity index (χ2v) is 9.26. The van der Waals surface area contributed by atoms with Gasteiger partial charge in [0, 0.05) is 49.5 Å². The Labute approximate surface area is 204 Å². The highest BCUT2D eigenvalue weighted by Gasteiger charge is 2.42. The third-order valence-electron chi connectivity index (χ3n) is 7.17. The van der Waals surface area contributed by atoms with Crippen LogP contribution < -0.4 is 15.1 Å². The molecule has 2 fully saturated rings. The number of hydroxylamine groups is 1. The Morgan fingerprint density at radius 2 is 1.63 bits per heavy atom. The third-order valence-corrected chi connectivity index (χ3v) is 7.17. The minimum absolute atomic E-state index is 0.0198. The Hall–Kier alpha value is -3.65. The normalized spacial score (nSPS) is 22.6. The zero-order valence-electron chi connectivity index (χ0n) is 19.5. The number of benzene rings is 2. The molecule has 8 heteroatoms. The van der Waals surface area contributed by atoms with Gasteiger partial charge in [0.15, 0.2) is 0 Å². The average molecular weight is 475 g/mol. The molecule has 2 amide bonds. The number of para-hydroxylation sites is 1. The lowest BCUT2D eigenvalue weighted by atomic mass is 9.76. The lowest BCUT2D eigenvalue weighted by molar-refractivity contribution is -0.148. The van der Waals surface area contributed by atoms with Gasteiger partial charge in [0.2, 0.25) is 17.7 Å². The van der Waals surface area contributed by atoms with E-state index in [0.717, 1.165) is 29.5 Å². The molecule has 0 unspecified atom stereocenters. The van der Waals surface area contributed by atoms with Crippen LogP contribution in [0.3, 0.4) is 0 Å². The van der Waals surface area contributed by atoms with Crippen molar-refractivity contribution >= 4 is 28.3 Å². The first-order chi connectivity index (χ1) is 17.1. The van der Waals surface area contributed by atoms with E-state index in [1.807, 2.05) is 53.4 Å². The first kappa shape index (κ1) is 23.1. The van der Waals surface area contributed by atoms with Gasteiger partial charge in [-0.15, -0.1) is 0 Å². The van der Waals surface area contributed by atoms with Gasteiger partial charge in [-0.3, -0.25) is 14.8 Å². The predicted molar refractivity (Wildman–Crippen MR) is 132 cm³/mol. The number of rotatable bonds is 5. The summed E-state index contributed by atoms with van der Waals surface area (Å²) in [5.74, 6) is -1.19. The number of pyridine rings is 1. The molecule has 0 spiro atoms. The van der Waals surface area contributed by atoms with E-state index in [4.69, 9.17) is 4.74 Å². The van der Waals surface area contributed by atoms with Gasteiger partial charge >= 0.3 is 0 Å². The van der Waals surface area contributed by atoms with Crippen LogP contribution in [-0.4, -0.2) is 59.2 Å². The molecule has 8 nitrogen and oxygen atoms in total. The number of nitrogens with zero attached hydrogens (tertiary/aromatic N) is 3. The van der Waals surface area contributed by atoms with Crippen molar-refractivity contribution < 1.29 is 19.5 Å². The quantitative estimate of drug-likeness (QED) is 0.436. The minimum atomic E-state index is -0.654. The maximum Gasteiger partial charge on any atom is 0.247 e. The van der Waals surface area contributed by atoms with Crippen LogP contribution in [0.5, 0.6) is 5.88 Å². The summed E-state index contributed by atoms with van der Waals surface area (Å²) in [6, 6.07) is 20.0. The van der Waals surface area contributed by atoms with Gasteiger partial charge in [-0.1, -0.05) is 42.5 Å². The highest BCUT2D eigenvalue weighted by atomic mass is 16.5. The fraction of sp³-hybridized carbons (Fsp3) is 0.370. The maximum absolute atomic E-state index is 13.4. The SMILES string of the molecule is O=C(NO)[C@H]1C[C@H](Oc2cc3ccccc3cn2)CC[C@@H]1C(=O)N1CCN(c2ccccc2)CC1. The van der Waals surface area contributed by atoms with Crippen LogP contribution in [0.4, 0.5) is 5.69 Å². The molecule has 3 aromatic rings. The van der Waals surface area contributed by atoms with Crippen LogP contribution in [0, 0.1) is 11.8 Å². The molecule has 2 aromatic carbocycles. The monoisotopic (exact) mass is 474 g/mol. The number of amides is 2. The Morgan fingerprint density at radius 1 is 0.914 bits per heavy atom. The molecule has 1 saturated heterocycles. The summed E-state index contributed by atoms with van der Waals surface area (Å²) in [6.45, 7) is 2.72. The molecule has 0 bridgehead atoms. The number of ether oxygens (including phenoxy) is 1. The maximum atomic E-state index is 13.4. The summed E-state index contributed by atoms with van der Waals surface area (Å²) in [4.78, 5) is 34.5. The molecule has 5 rings (SSSR count). The number of hydrogen-bond donors (Lipinski definition) is 2. The highest BCUT2D eigenvalue weighted by molar-refractivity contribution is 5.87. The fourth-order valence-corrected chi connectivity index (χ4v) is 5.26. The Kier molecular flexibility index (Phi) is 6.81. The standard InChI is InChI=1S/C27H30N4O4/c32-26(29-34)24-17-22(35-25-16-19-6-4-5-7-20(19)18-28-25)10-11-23(24)27(33)31-14-12-30(13-15-31)21-8-2-1-3-9-21/h1-9,16,18,22-24,34H,10-15,17H2,(H,29,32)/t22-,23+,24+/m1/s1. The highest BCUT2D eigenvalue weighted by Crippen LogP contribution is 2.34. The lowest BCUT2D eigenvalue weighted by Crippen LogP contribution is -2.53. The molecule has 1 aliphatic carbocycles. The van der Waals surface area contributed by atoms with E-state index in [0.29, 0.717) is 38.2 Å². The van der Waals surface area contributed by atoms with E-state index in [1.165, 1.54) is 0 Å². The van der Waals surface area contributed by atoms with Crippen molar-refractivity contribution in [2.75, 3.05) is 31.1 Å². The van der Waals surface area contributed by atoms with Crippen LogP contribution in [0.15, 0.2) is 66.9 Å². The summed E-state index contributed by atoms with van der Waals surface area (Å²) in [5.41, 5.74) is 2.92. The largest absolute Gasteiger partial charge is 0.474 e. The molecule has 2 aliphatic rings. The van der Waals surface area contributed by atoms with E-state index < -0.39 is 17.7 Å². The van der Waals surface area contributed by atoms with Gasteiger partial charge in [-0.25, -0.2) is 10.5 Å². The van der Waals surface area contributed by atoms with E-state index in [9.17, 15) is 14.8 Å². The number of aromatic nitrogens is 1. The first-order valence-corrected chi connectivity index (χ1v) is 12.2. The van der Waals surface area contributed by atoms with Crippen LogP contribution in [-0.2, 0) is 9.59 Å². The summed E-state index contributed by atoms with van der Waals surface area (Å²) in [7, 11) is 0. The smallest absolute Gasteiger partial charge is 0.247 e. The Morgan fingerprint density at radius 3 is 2.37 bits per heavy atom. The molecular weight excluding hydrogens is 444 g/mol. The van der Waals surface area contributed by atoms with Crippen LogP contribution in [0.2, 0.25) is 0 Å². The fourth-order valence-electron chi connectivity index (χ4n) is 5.26. The summed E-state index contributed by atoms with van der Waals surface area (Å²) in [5, 5.41) is 11.4. The van der Waals surface area contributed by atoms with Crippen LogP contribution in [0.25, 0.3) is 10.8 Å². The number of piperazine rings is 1. The Balaban J connectivity index is 1.23. The zero-order chi connectivity index (χ0) is 24.2. The van der Waals surface area contributed by atoms with Crippen molar-refractivity contribution in [1.29, 1.82) is 0 Å². The van der Waals surface area contributed by atoms with Crippen LogP contribution >= 0.6 is 0 Å². The molecule has 182 valence electrons. The van der Waals surface area contributed by atoms with Crippen LogP contribution in [0.1, 0.15) is 19.3 Å². The molecule has 2 N–H and O–H groups in total. The van der Waals surface area contributed by atoms with Gasteiger partial charge in [0.1, 0.15) is 6.10 Å². The topological polar surface area (TPSA) is 95.0 Å². The van der Waals surface area contributed by atoms with E-state index in [2.05, 4.69) is 22.0 Å². The number of carbonyl (C=O) groups excluding carboxylic acids is 2. The van der Waals surface area contributed by atoms with E-state index in [-0.39, 0.29) is 12.0 Å². The summed E-state index contributed by atoms with van der Waals surface area (Å²) in [6.07, 6.45) is 3.02. The minimum Gasteiger partial charge on any atom is -0.474 e. The molecule has 1 aromatic heterocycles. The van der Waals surface area contributed by atoms with E-state index >= 15 is 0 Å². The van der Waals surface area contributed by atoms with Gasteiger partial charge in [-0.2, -0.15) is 0 Å². The van der Waals surface area contributed by atoms with Crippen molar-refractivity contribution in [2.45, 2.75) is 25.4 Å². The summed E-state index contributed by atoms with van der Waals surface area (Å²) < 4.78 is 6.12. The second-order valence-electron chi connectivity index (χ2n) is 9.26.